The molecular weight excluding hydrogens is 330 g/mol. The van der Waals surface area contributed by atoms with Gasteiger partial charge >= 0.3 is 5.97 Å². The number of nitrogens with zero attached hydrogens (tertiary/aromatic N) is 3. The molecule has 1 saturated heterocycles. The zero-order valence-corrected chi connectivity index (χ0v) is 14.9. The van der Waals surface area contributed by atoms with Crippen LogP contribution < -0.4 is 0 Å². The minimum atomic E-state index is -0.824. The minimum Gasteiger partial charge on any atom is -0.481 e. The van der Waals surface area contributed by atoms with E-state index in [-0.39, 0.29) is 18.4 Å². The standard InChI is InChI=1S/C20H23N3O3/c1-14-17(13-21-19(22-14)15-7-3-2-4-8-15)20(26)23-12-6-5-9-16(23)10-11-18(24)25/h2-4,7-8,13,16H,5-6,9-12H2,1H3,(H,24,25). The second-order valence-corrected chi connectivity index (χ2v) is 6.64. The third-order valence-corrected chi connectivity index (χ3v) is 4.82. The van der Waals surface area contributed by atoms with Crippen LogP contribution in [0.25, 0.3) is 11.4 Å². The molecule has 1 aromatic heterocycles. The van der Waals surface area contributed by atoms with Crippen molar-refractivity contribution in [1.29, 1.82) is 0 Å². The van der Waals surface area contributed by atoms with Gasteiger partial charge in [-0.25, -0.2) is 9.97 Å². The highest BCUT2D eigenvalue weighted by Crippen LogP contribution is 2.24. The summed E-state index contributed by atoms with van der Waals surface area (Å²) in [7, 11) is 0. The Morgan fingerprint density at radius 3 is 2.69 bits per heavy atom. The largest absolute Gasteiger partial charge is 0.481 e. The number of aryl methyl sites for hydroxylation is 1. The summed E-state index contributed by atoms with van der Waals surface area (Å²) in [5.74, 6) is -0.326. The fourth-order valence-electron chi connectivity index (χ4n) is 3.42. The molecule has 0 radical (unpaired) electrons. The minimum absolute atomic E-state index is 0.0273. The zero-order chi connectivity index (χ0) is 18.5. The molecule has 2 aromatic rings. The topological polar surface area (TPSA) is 83.4 Å². The molecule has 1 N–H and O–H groups in total. The first-order valence-electron chi connectivity index (χ1n) is 8.98. The Hall–Kier alpha value is -2.76. The van der Waals surface area contributed by atoms with Gasteiger partial charge in [0.05, 0.1) is 11.3 Å². The Kier molecular flexibility index (Phi) is 5.61. The Labute approximate surface area is 152 Å². The summed E-state index contributed by atoms with van der Waals surface area (Å²) in [6, 6.07) is 9.62. The number of carbonyl (C=O) groups excluding carboxylic acids is 1. The van der Waals surface area contributed by atoms with E-state index in [1.165, 1.54) is 0 Å². The van der Waals surface area contributed by atoms with Gasteiger partial charge in [0, 0.05) is 30.8 Å². The van der Waals surface area contributed by atoms with Gasteiger partial charge in [-0.05, 0) is 32.6 Å². The lowest BCUT2D eigenvalue weighted by molar-refractivity contribution is -0.137. The van der Waals surface area contributed by atoms with Gasteiger partial charge in [-0.3, -0.25) is 9.59 Å². The molecule has 1 aliphatic rings. The van der Waals surface area contributed by atoms with Crippen LogP contribution in [0, 0.1) is 6.92 Å². The molecule has 1 amide bonds. The molecule has 6 nitrogen and oxygen atoms in total. The zero-order valence-electron chi connectivity index (χ0n) is 14.9. The number of carbonyl (C=O) groups is 2. The number of rotatable bonds is 5. The highest BCUT2D eigenvalue weighted by Gasteiger charge is 2.29. The van der Waals surface area contributed by atoms with Crippen molar-refractivity contribution in [3.05, 3.63) is 47.8 Å². The average molecular weight is 353 g/mol. The van der Waals surface area contributed by atoms with E-state index in [1.807, 2.05) is 37.3 Å². The summed E-state index contributed by atoms with van der Waals surface area (Å²) in [4.78, 5) is 34.6. The lowest BCUT2D eigenvalue weighted by Crippen LogP contribution is -2.44. The number of hydrogen-bond donors (Lipinski definition) is 1. The Bertz CT molecular complexity index is 792. The van der Waals surface area contributed by atoms with Gasteiger partial charge in [0.2, 0.25) is 0 Å². The number of likely N-dealkylation sites (tertiary alicyclic amines) is 1. The molecule has 1 atom stereocenters. The summed E-state index contributed by atoms with van der Waals surface area (Å²) < 4.78 is 0. The van der Waals surface area contributed by atoms with E-state index in [0.29, 0.717) is 30.0 Å². The predicted octanol–water partition coefficient (Wildman–Crippen LogP) is 3.31. The summed E-state index contributed by atoms with van der Waals surface area (Å²) in [5.41, 5.74) is 2.05. The van der Waals surface area contributed by atoms with Crippen molar-refractivity contribution in [2.75, 3.05) is 6.54 Å². The van der Waals surface area contributed by atoms with E-state index < -0.39 is 5.97 Å². The SMILES string of the molecule is Cc1nc(-c2ccccc2)ncc1C(=O)N1CCCCC1CCC(=O)O. The van der Waals surface area contributed by atoms with Crippen molar-refractivity contribution in [2.24, 2.45) is 0 Å². The second-order valence-electron chi connectivity index (χ2n) is 6.64. The second kappa shape index (κ2) is 8.08. The van der Waals surface area contributed by atoms with Gasteiger partial charge in [0.15, 0.2) is 5.82 Å². The molecule has 1 unspecified atom stereocenters. The van der Waals surface area contributed by atoms with Gasteiger partial charge < -0.3 is 10.0 Å². The molecule has 0 spiro atoms. The molecule has 0 bridgehead atoms. The number of carboxylic acid groups (broad SMARTS) is 1. The summed E-state index contributed by atoms with van der Waals surface area (Å²) in [5, 5.41) is 8.95. The smallest absolute Gasteiger partial charge is 0.303 e. The molecular formula is C20H23N3O3. The number of piperidine rings is 1. The molecule has 0 saturated carbocycles. The quantitative estimate of drug-likeness (QED) is 0.891. The fourth-order valence-corrected chi connectivity index (χ4v) is 3.42. The van der Waals surface area contributed by atoms with Crippen molar-refractivity contribution >= 4 is 11.9 Å². The predicted molar refractivity (Wildman–Crippen MR) is 97.8 cm³/mol. The van der Waals surface area contributed by atoms with Crippen molar-refractivity contribution in [1.82, 2.24) is 14.9 Å². The summed E-state index contributed by atoms with van der Waals surface area (Å²) >= 11 is 0. The number of aliphatic carboxylic acids is 1. The molecule has 26 heavy (non-hydrogen) atoms. The van der Waals surface area contributed by atoms with Crippen molar-refractivity contribution in [3.63, 3.8) is 0 Å². The molecule has 3 rings (SSSR count). The van der Waals surface area contributed by atoms with E-state index >= 15 is 0 Å². The van der Waals surface area contributed by atoms with Crippen molar-refractivity contribution in [3.8, 4) is 11.4 Å². The third kappa shape index (κ3) is 4.07. The van der Waals surface area contributed by atoms with Crippen LogP contribution in [0.2, 0.25) is 0 Å². The first-order chi connectivity index (χ1) is 12.6. The Balaban J connectivity index is 1.80. The number of hydrogen-bond acceptors (Lipinski definition) is 4. The van der Waals surface area contributed by atoms with Crippen molar-refractivity contribution in [2.45, 2.75) is 45.1 Å². The van der Waals surface area contributed by atoms with Gasteiger partial charge in [-0.2, -0.15) is 0 Å². The van der Waals surface area contributed by atoms with Gasteiger partial charge in [-0.15, -0.1) is 0 Å². The molecule has 0 aliphatic carbocycles. The van der Waals surface area contributed by atoms with E-state index in [9.17, 15) is 9.59 Å². The van der Waals surface area contributed by atoms with Crippen LogP contribution in [0.1, 0.15) is 48.2 Å². The number of carboxylic acids is 1. The van der Waals surface area contributed by atoms with E-state index in [4.69, 9.17) is 5.11 Å². The Morgan fingerprint density at radius 1 is 1.23 bits per heavy atom. The van der Waals surface area contributed by atoms with Crippen LogP contribution >= 0.6 is 0 Å². The van der Waals surface area contributed by atoms with E-state index in [2.05, 4.69) is 9.97 Å². The molecule has 1 aromatic carbocycles. The van der Waals surface area contributed by atoms with Crippen molar-refractivity contribution < 1.29 is 14.7 Å². The number of benzene rings is 1. The van der Waals surface area contributed by atoms with Gasteiger partial charge in [0.1, 0.15) is 0 Å². The first-order valence-corrected chi connectivity index (χ1v) is 8.98. The van der Waals surface area contributed by atoms with Crippen LogP contribution in [0.5, 0.6) is 0 Å². The monoisotopic (exact) mass is 353 g/mol. The van der Waals surface area contributed by atoms with E-state index in [1.54, 1.807) is 11.1 Å². The molecule has 6 heteroatoms. The maximum Gasteiger partial charge on any atom is 0.303 e. The van der Waals surface area contributed by atoms with Crippen LogP contribution in [0.15, 0.2) is 36.5 Å². The van der Waals surface area contributed by atoms with Crippen LogP contribution in [0.4, 0.5) is 0 Å². The van der Waals surface area contributed by atoms with E-state index in [0.717, 1.165) is 24.8 Å². The molecule has 136 valence electrons. The molecule has 1 aliphatic heterocycles. The number of amides is 1. The highest BCUT2D eigenvalue weighted by molar-refractivity contribution is 5.95. The lowest BCUT2D eigenvalue weighted by atomic mass is 9.97. The fraction of sp³-hybridized carbons (Fsp3) is 0.400. The maximum atomic E-state index is 13.0. The van der Waals surface area contributed by atoms with Gasteiger partial charge in [-0.1, -0.05) is 30.3 Å². The molecule has 1 fully saturated rings. The number of aromatic nitrogens is 2. The summed E-state index contributed by atoms with van der Waals surface area (Å²) in [6.45, 7) is 2.47. The maximum absolute atomic E-state index is 13.0. The average Bonchev–Trinajstić information content (AvgIpc) is 2.66. The van der Waals surface area contributed by atoms with Crippen LogP contribution in [-0.2, 0) is 4.79 Å². The van der Waals surface area contributed by atoms with Gasteiger partial charge in [0.25, 0.3) is 5.91 Å². The summed E-state index contributed by atoms with van der Waals surface area (Å²) in [6.07, 6.45) is 4.98. The van der Waals surface area contributed by atoms with Crippen LogP contribution in [0.3, 0.4) is 0 Å². The first kappa shape index (κ1) is 18.0. The highest BCUT2D eigenvalue weighted by atomic mass is 16.4. The Morgan fingerprint density at radius 2 is 2.00 bits per heavy atom. The normalized spacial score (nSPS) is 17.1. The third-order valence-electron chi connectivity index (χ3n) is 4.82. The molecule has 2 heterocycles. The lowest BCUT2D eigenvalue weighted by Gasteiger charge is -2.35. The van der Waals surface area contributed by atoms with Crippen LogP contribution in [-0.4, -0.2) is 44.4 Å².